The summed E-state index contributed by atoms with van der Waals surface area (Å²) < 4.78 is 24.6. The second-order valence-electron chi connectivity index (χ2n) is 3.31. The number of nitrogens with zero attached hydrogens (tertiary/aromatic N) is 2. The molecule has 0 aliphatic heterocycles. The van der Waals surface area contributed by atoms with E-state index in [2.05, 4.69) is 25.4 Å². The van der Waals surface area contributed by atoms with Crippen molar-refractivity contribution in [2.45, 2.75) is 6.92 Å². The molecule has 8 nitrogen and oxygen atoms in total. The maximum Gasteiger partial charge on any atom is 0.239 e. The van der Waals surface area contributed by atoms with E-state index in [0.717, 1.165) is 5.69 Å². The number of nitrogens with two attached hydrogens (primary N) is 1. The molecule has 0 saturated carbocycles. The molecule has 0 aromatic carbocycles. The predicted octanol–water partition coefficient (Wildman–Crippen LogP) is -0.968. The maximum absolute atomic E-state index is 11.2. The molecule has 0 aliphatic rings. The Kier molecular flexibility index (Phi) is 4.61. The minimum absolute atomic E-state index is 0.0298. The summed E-state index contributed by atoms with van der Waals surface area (Å²) in [5.41, 5.74) is 3.06. The zero-order chi connectivity index (χ0) is 12.9. The molecular formula is C8H16N6O2S. The number of nitrogen functional groups attached to an aromatic ring is 1. The minimum Gasteiger partial charge on any atom is -0.369 e. The van der Waals surface area contributed by atoms with E-state index in [4.69, 9.17) is 5.84 Å². The number of hydrazine groups is 1. The van der Waals surface area contributed by atoms with Gasteiger partial charge in [0.05, 0.1) is 5.75 Å². The normalized spacial score (nSPS) is 11.2. The molecule has 0 radical (unpaired) electrons. The number of hydrogen-bond acceptors (Lipinski definition) is 7. The highest BCUT2D eigenvalue weighted by atomic mass is 32.2. The first-order valence-corrected chi connectivity index (χ1v) is 6.59. The van der Waals surface area contributed by atoms with Gasteiger partial charge in [-0.2, -0.15) is 4.98 Å². The van der Waals surface area contributed by atoms with Gasteiger partial charge in [-0.1, -0.05) is 0 Å². The molecule has 1 heterocycles. The summed E-state index contributed by atoms with van der Waals surface area (Å²) in [7, 11) is -1.84. The average Bonchev–Trinajstić information content (AvgIpc) is 2.28. The summed E-state index contributed by atoms with van der Waals surface area (Å²) in [6.07, 6.45) is 0. The Morgan fingerprint density at radius 3 is 2.71 bits per heavy atom. The maximum atomic E-state index is 11.2. The first-order chi connectivity index (χ1) is 7.96. The van der Waals surface area contributed by atoms with Gasteiger partial charge in [0.2, 0.25) is 16.0 Å². The third kappa shape index (κ3) is 4.51. The van der Waals surface area contributed by atoms with Gasteiger partial charge in [0.1, 0.15) is 5.82 Å². The van der Waals surface area contributed by atoms with Crippen LogP contribution >= 0.6 is 0 Å². The highest BCUT2D eigenvalue weighted by Crippen LogP contribution is 2.08. The van der Waals surface area contributed by atoms with Crippen LogP contribution in [-0.2, 0) is 10.0 Å². The lowest BCUT2D eigenvalue weighted by molar-refractivity contribution is 0.588. The van der Waals surface area contributed by atoms with Crippen LogP contribution in [0.25, 0.3) is 0 Å². The molecule has 1 rings (SSSR count). The fourth-order valence-electron chi connectivity index (χ4n) is 1.14. The predicted molar refractivity (Wildman–Crippen MR) is 65.9 cm³/mol. The molecule has 0 saturated heterocycles. The largest absolute Gasteiger partial charge is 0.369 e. The first kappa shape index (κ1) is 13.6. The van der Waals surface area contributed by atoms with Crippen molar-refractivity contribution < 1.29 is 8.42 Å². The van der Waals surface area contributed by atoms with Gasteiger partial charge in [-0.05, 0) is 14.0 Å². The van der Waals surface area contributed by atoms with E-state index in [1.807, 2.05) is 0 Å². The van der Waals surface area contributed by atoms with Crippen LogP contribution in [0.4, 0.5) is 11.8 Å². The summed E-state index contributed by atoms with van der Waals surface area (Å²) in [6.45, 7) is 2.04. The van der Waals surface area contributed by atoms with Gasteiger partial charge in [-0.15, -0.1) is 0 Å². The Bertz CT molecular complexity index is 475. The van der Waals surface area contributed by atoms with Crippen LogP contribution in [0.5, 0.6) is 0 Å². The van der Waals surface area contributed by atoms with Crippen molar-refractivity contribution in [3.63, 3.8) is 0 Å². The molecule has 0 spiro atoms. The molecule has 0 amide bonds. The van der Waals surface area contributed by atoms with Crippen LogP contribution < -0.4 is 21.3 Å². The second-order valence-corrected chi connectivity index (χ2v) is 5.36. The van der Waals surface area contributed by atoms with Gasteiger partial charge in [0.25, 0.3) is 0 Å². The molecule has 1 aromatic rings. The number of aromatic nitrogens is 2. The SMILES string of the molecule is CNS(=O)(=O)CCNc1cc(C)nc(NN)n1. The second kappa shape index (κ2) is 5.75. The third-order valence-electron chi connectivity index (χ3n) is 1.97. The van der Waals surface area contributed by atoms with Crippen molar-refractivity contribution in [3.8, 4) is 0 Å². The molecule has 0 aliphatic carbocycles. The summed E-state index contributed by atoms with van der Waals surface area (Å²) in [5.74, 6) is 5.97. The molecule has 17 heavy (non-hydrogen) atoms. The van der Waals surface area contributed by atoms with Crippen molar-refractivity contribution in [1.82, 2.24) is 14.7 Å². The Balaban J connectivity index is 2.61. The molecule has 0 fully saturated rings. The highest BCUT2D eigenvalue weighted by Gasteiger charge is 2.06. The van der Waals surface area contributed by atoms with Crippen LogP contribution in [0.15, 0.2) is 6.07 Å². The molecule has 0 atom stereocenters. The zero-order valence-corrected chi connectivity index (χ0v) is 10.5. The number of sulfonamides is 1. The fraction of sp³-hybridized carbons (Fsp3) is 0.500. The van der Waals surface area contributed by atoms with E-state index in [1.165, 1.54) is 7.05 Å². The quantitative estimate of drug-likeness (QED) is 0.383. The lowest BCUT2D eigenvalue weighted by Crippen LogP contribution is -2.26. The summed E-state index contributed by atoms with van der Waals surface area (Å²) in [4.78, 5) is 8.03. The van der Waals surface area contributed by atoms with Gasteiger partial charge in [-0.3, -0.25) is 5.43 Å². The van der Waals surface area contributed by atoms with E-state index in [0.29, 0.717) is 5.82 Å². The Morgan fingerprint density at radius 2 is 2.12 bits per heavy atom. The number of hydrogen-bond donors (Lipinski definition) is 4. The highest BCUT2D eigenvalue weighted by molar-refractivity contribution is 7.89. The van der Waals surface area contributed by atoms with Gasteiger partial charge in [0.15, 0.2) is 0 Å². The Morgan fingerprint density at radius 1 is 1.41 bits per heavy atom. The van der Waals surface area contributed by atoms with Crippen LogP contribution in [0.2, 0.25) is 0 Å². The number of rotatable bonds is 6. The van der Waals surface area contributed by atoms with Crippen LogP contribution in [0.3, 0.4) is 0 Å². The van der Waals surface area contributed by atoms with Gasteiger partial charge in [0, 0.05) is 18.3 Å². The van der Waals surface area contributed by atoms with Crippen molar-refractivity contribution in [3.05, 3.63) is 11.8 Å². The van der Waals surface area contributed by atoms with Crippen molar-refractivity contribution in [1.29, 1.82) is 0 Å². The molecular weight excluding hydrogens is 244 g/mol. The van der Waals surface area contributed by atoms with Gasteiger partial charge < -0.3 is 5.32 Å². The standard InChI is InChI=1S/C8H16N6O2S/c1-6-5-7(13-8(12-6)14-9)11-3-4-17(15,16)10-2/h5,10H,3-4,9H2,1-2H3,(H2,11,12,13,14). The van der Waals surface area contributed by atoms with Crippen molar-refractivity contribution >= 4 is 21.8 Å². The zero-order valence-electron chi connectivity index (χ0n) is 9.69. The number of aryl methyl sites for hydroxylation is 1. The Labute approximate surface area is 100 Å². The third-order valence-corrected chi connectivity index (χ3v) is 3.33. The fourth-order valence-corrected chi connectivity index (χ4v) is 1.71. The smallest absolute Gasteiger partial charge is 0.239 e. The monoisotopic (exact) mass is 260 g/mol. The first-order valence-electron chi connectivity index (χ1n) is 4.94. The molecule has 0 unspecified atom stereocenters. The van der Waals surface area contributed by atoms with E-state index < -0.39 is 10.0 Å². The van der Waals surface area contributed by atoms with Crippen LogP contribution in [0, 0.1) is 6.92 Å². The number of anilines is 2. The molecule has 9 heteroatoms. The number of nitrogens with one attached hydrogen (secondary N) is 3. The topological polar surface area (TPSA) is 122 Å². The van der Waals surface area contributed by atoms with E-state index in [9.17, 15) is 8.42 Å². The van der Waals surface area contributed by atoms with E-state index >= 15 is 0 Å². The van der Waals surface area contributed by atoms with Crippen LogP contribution in [0.1, 0.15) is 5.69 Å². The van der Waals surface area contributed by atoms with Crippen molar-refractivity contribution in [2.24, 2.45) is 5.84 Å². The minimum atomic E-state index is -3.21. The molecule has 0 bridgehead atoms. The van der Waals surface area contributed by atoms with E-state index in [1.54, 1.807) is 13.0 Å². The summed E-state index contributed by atoms with van der Waals surface area (Å²) in [5, 5.41) is 2.88. The van der Waals surface area contributed by atoms with Crippen molar-refractivity contribution in [2.75, 3.05) is 30.1 Å². The average molecular weight is 260 g/mol. The summed E-state index contributed by atoms with van der Waals surface area (Å²) >= 11 is 0. The molecule has 1 aromatic heterocycles. The Hall–Kier alpha value is -1.45. The van der Waals surface area contributed by atoms with Crippen LogP contribution in [-0.4, -0.2) is 37.7 Å². The lowest BCUT2D eigenvalue weighted by Gasteiger charge is -2.08. The van der Waals surface area contributed by atoms with Gasteiger partial charge in [-0.25, -0.2) is 24.0 Å². The molecule has 96 valence electrons. The lowest BCUT2D eigenvalue weighted by atomic mass is 10.4. The van der Waals surface area contributed by atoms with Gasteiger partial charge >= 0.3 is 0 Å². The van der Waals surface area contributed by atoms with E-state index in [-0.39, 0.29) is 18.2 Å². The summed E-state index contributed by atoms with van der Waals surface area (Å²) in [6, 6.07) is 1.70. The molecule has 5 N–H and O–H groups in total.